The summed E-state index contributed by atoms with van der Waals surface area (Å²) in [6, 6.07) is 10.7. The first-order valence-electron chi connectivity index (χ1n) is 6.18. The number of nitrogens with zero attached hydrogens (tertiary/aromatic N) is 2. The Hall–Kier alpha value is -1.13. The number of rotatable bonds is 5. The Kier molecular flexibility index (Phi) is 4.55. The summed E-state index contributed by atoms with van der Waals surface area (Å²) in [4.78, 5) is 0. The van der Waals surface area contributed by atoms with Gasteiger partial charge in [0, 0.05) is 17.2 Å². The maximum Gasteiger partial charge on any atom is 0.0556 e. The molecule has 0 fully saturated rings. The van der Waals surface area contributed by atoms with E-state index in [9.17, 15) is 0 Å². The van der Waals surface area contributed by atoms with Crippen molar-refractivity contribution in [2.24, 2.45) is 0 Å². The van der Waals surface area contributed by atoms with Crippen molar-refractivity contribution in [3.63, 3.8) is 0 Å². The highest BCUT2D eigenvalue weighted by Crippen LogP contribution is 2.23. The molecular weight excluding hydrogens is 290 g/mol. The van der Waals surface area contributed by atoms with Crippen molar-refractivity contribution >= 4 is 15.9 Å². The molecular formula is C14H18BrN3. The molecule has 2 rings (SSSR count). The fraction of sp³-hybridized carbons (Fsp3) is 0.357. The van der Waals surface area contributed by atoms with Crippen LogP contribution in [0.15, 0.2) is 41.0 Å². The Bertz CT molecular complexity index is 507. The summed E-state index contributed by atoms with van der Waals surface area (Å²) in [5.74, 6) is 0. The number of hydrogen-bond donors (Lipinski definition) is 1. The average Bonchev–Trinajstić information content (AvgIpc) is 2.86. The molecule has 96 valence electrons. The minimum Gasteiger partial charge on any atom is -0.311 e. The van der Waals surface area contributed by atoms with Gasteiger partial charge in [-0.25, -0.2) is 0 Å². The molecule has 0 aliphatic rings. The lowest BCUT2D eigenvalue weighted by molar-refractivity contribution is 0.513. The Labute approximate surface area is 116 Å². The van der Waals surface area contributed by atoms with E-state index in [0.29, 0.717) is 0 Å². The predicted octanol–water partition coefficient (Wildman–Crippen LogP) is 3.17. The fourth-order valence-electron chi connectivity index (χ4n) is 2.14. The SMILES string of the molecule is CCn1nccc1C(Cc1ccccc1Br)NC. The lowest BCUT2D eigenvalue weighted by atomic mass is 10.0. The van der Waals surface area contributed by atoms with Gasteiger partial charge in [0.1, 0.15) is 0 Å². The van der Waals surface area contributed by atoms with Crippen LogP contribution in [-0.4, -0.2) is 16.8 Å². The summed E-state index contributed by atoms with van der Waals surface area (Å²) in [6.07, 6.45) is 2.81. The molecule has 0 aliphatic heterocycles. The van der Waals surface area contributed by atoms with Crippen LogP contribution in [0.2, 0.25) is 0 Å². The molecule has 18 heavy (non-hydrogen) atoms. The van der Waals surface area contributed by atoms with Gasteiger partial charge in [0.05, 0.1) is 11.7 Å². The molecule has 2 aromatic rings. The lowest BCUT2D eigenvalue weighted by Gasteiger charge is -2.18. The molecule has 1 aromatic carbocycles. The monoisotopic (exact) mass is 307 g/mol. The van der Waals surface area contributed by atoms with Gasteiger partial charge in [-0.3, -0.25) is 4.68 Å². The molecule has 1 unspecified atom stereocenters. The summed E-state index contributed by atoms with van der Waals surface area (Å²) in [5, 5.41) is 7.71. The highest BCUT2D eigenvalue weighted by molar-refractivity contribution is 9.10. The Morgan fingerprint density at radius 1 is 1.33 bits per heavy atom. The van der Waals surface area contributed by atoms with Crippen LogP contribution in [0.25, 0.3) is 0 Å². The second-order valence-electron chi connectivity index (χ2n) is 4.21. The van der Waals surface area contributed by atoms with E-state index < -0.39 is 0 Å². The molecule has 0 spiro atoms. The average molecular weight is 308 g/mol. The van der Waals surface area contributed by atoms with Crippen LogP contribution in [0.1, 0.15) is 24.2 Å². The highest BCUT2D eigenvalue weighted by atomic mass is 79.9. The zero-order chi connectivity index (χ0) is 13.0. The van der Waals surface area contributed by atoms with Crippen LogP contribution in [-0.2, 0) is 13.0 Å². The zero-order valence-corrected chi connectivity index (χ0v) is 12.3. The number of benzene rings is 1. The summed E-state index contributed by atoms with van der Waals surface area (Å²) >= 11 is 3.60. The van der Waals surface area contributed by atoms with Crippen LogP contribution in [0.3, 0.4) is 0 Å². The van der Waals surface area contributed by atoms with Crippen molar-refractivity contribution in [3.8, 4) is 0 Å². The van der Waals surface area contributed by atoms with Crippen molar-refractivity contribution in [3.05, 3.63) is 52.3 Å². The second-order valence-corrected chi connectivity index (χ2v) is 5.06. The van der Waals surface area contributed by atoms with Gasteiger partial charge in [-0.2, -0.15) is 5.10 Å². The molecule has 0 saturated heterocycles. The lowest BCUT2D eigenvalue weighted by Crippen LogP contribution is -2.22. The Morgan fingerprint density at radius 2 is 2.11 bits per heavy atom. The van der Waals surface area contributed by atoms with Gasteiger partial charge in [-0.05, 0) is 38.1 Å². The smallest absolute Gasteiger partial charge is 0.0556 e. The van der Waals surface area contributed by atoms with Crippen LogP contribution in [0.5, 0.6) is 0 Å². The topological polar surface area (TPSA) is 29.9 Å². The molecule has 1 aromatic heterocycles. The zero-order valence-electron chi connectivity index (χ0n) is 10.7. The number of aryl methyl sites for hydroxylation is 1. The summed E-state index contributed by atoms with van der Waals surface area (Å²) in [5.41, 5.74) is 2.54. The molecule has 3 nitrogen and oxygen atoms in total. The van der Waals surface area contributed by atoms with Crippen LogP contribution in [0.4, 0.5) is 0 Å². The van der Waals surface area contributed by atoms with E-state index in [1.54, 1.807) is 0 Å². The van der Waals surface area contributed by atoms with E-state index >= 15 is 0 Å². The first-order chi connectivity index (χ1) is 8.76. The third-order valence-corrected chi connectivity index (χ3v) is 3.91. The number of likely N-dealkylation sites (N-methyl/N-ethyl adjacent to an activating group) is 1. The minimum absolute atomic E-state index is 0.283. The maximum atomic E-state index is 4.33. The van der Waals surface area contributed by atoms with Gasteiger partial charge in [0.25, 0.3) is 0 Å². The third-order valence-electron chi connectivity index (χ3n) is 3.14. The van der Waals surface area contributed by atoms with Crippen molar-refractivity contribution in [2.75, 3.05) is 7.05 Å². The van der Waals surface area contributed by atoms with E-state index in [1.165, 1.54) is 11.3 Å². The summed E-state index contributed by atoms with van der Waals surface area (Å²) in [6.45, 7) is 3.01. The second kappa shape index (κ2) is 6.16. The van der Waals surface area contributed by atoms with Gasteiger partial charge < -0.3 is 5.32 Å². The molecule has 0 aliphatic carbocycles. The molecule has 1 heterocycles. The van der Waals surface area contributed by atoms with Crippen LogP contribution >= 0.6 is 15.9 Å². The van der Waals surface area contributed by atoms with Crippen molar-refractivity contribution in [2.45, 2.75) is 25.9 Å². The van der Waals surface area contributed by atoms with Gasteiger partial charge in [0.15, 0.2) is 0 Å². The van der Waals surface area contributed by atoms with Gasteiger partial charge >= 0.3 is 0 Å². The molecule has 0 bridgehead atoms. The number of nitrogens with one attached hydrogen (secondary N) is 1. The standard InChI is InChI=1S/C14H18BrN3/c1-3-18-14(8-9-17-18)13(16-2)10-11-6-4-5-7-12(11)15/h4-9,13,16H,3,10H2,1-2H3. The molecule has 1 atom stereocenters. The Morgan fingerprint density at radius 3 is 2.78 bits per heavy atom. The maximum absolute atomic E-state index is 4.33. The van der Waals surface area contributed by atoms with Crippen molar-refractivity contribution in [1.82, 2.24) is 15.1 Å². The summed E-state index contributed by atoms with van der Waals surface area (Å²) < 4.78 is 3.20. The fourth-order valence-corrected chi connectivity index (χ4v) is 2.59. The van der Waals surface area contributed by atoms with E-state index in [2.05, 4.69) is 57.5 Å². The van der Waals surface area contributed by atoms with E-state index in [0.717, 1.165) is 17.4 Å². The van der Waals surface area contributed by atoms with Crippen LogP contribution in [0, 0.1) is 0 Å². The summed E-state index contributed by atoms with van der Waals surface area (Å²) in [7, 11) is 1.99. The molecule has 1 N–H and O–H groups in total. The first kappa shape index (κ1) is 13.3. The molecule has 4 heteroatoms. The number of halogens is 1. The normalized spacial score (nSPS) is 12.6. The van der Waals surface area contributed by atoms with Gasteiger partial charge in [-0.15, -0.1) is 0 Å². The minimum atomic E-state index is 0.283. The third kappa shape index (κ3) is 2.82. The van der Waals surface area contributed by atoms with Gasteiger partial charge in [0.2, 0.25) is 0 Å². The van der Waals surface area contributed by atoms with E-state index in [4.69, 9.17) is 0 Å². The molecule has 0 amide bonds. The predicted molar refractivity (Wildman–Crippen MR) is 77.5 cm³/mol. The van der Waals surface area contributed by atoms with Crippen LogP contribution < -0.4 is 5.32 Å². The number of hydrogen-bond acceptors (Lipinski definition) is 2. The largest absolute Gasteiger partial charge is 0.311 e. The highest BCUT2D eigenvalue weighted by Gasteiger charge is 2.15. The Balaban J connectivity index is 2.23. The quantitative estimate of drug-likeness (QED) is 0.919. The van der Waals surface area contributed by atoms with Gasteiger partial charge in [-0.1, -0.05) is 34.1 Å². The van der Waals surface area contributed by atoms with Crippen molar-refractivity contribution < 1.29 is 0 Å². The molecule has 0 saturated carbocycles. The first-order valence-corrected chi connectivity index (χ1v) is 6.98. The number of aromatic nitrogens is 2. The molecule has 0 radical (unpaired) electrons. The van der Waals surface area contributed by atoms with E-state index in [1.807, 2.05) is 24.0 Å². The van der Waals surface area contributed by atoms with Crippen molar-refractivity contribution in [1.29, 1.82) is 0 Å². The van der Waals surface area contributed by atoms with E-state index in [-0.39, 0.29) is 6.04 Å².